The van der Waals surface area contributed by atoms with Gasteiger partial charge in [-0.1, -0.05) is 53.7 Å². The predicted octanol–water partition coefficient (Wildman–Crippen LogP) is 5.29. The van der Waals surface area contributed by atoms with Gasteiger partial charge in [-0.3, -0.25) is 0 Å². The van der Waals surface area contributed by atoms with Crippen molar-refractivity contribution in [3.05, 3.63) is 76.6 Å². The molecular weight excluding hydrogens is 456 g/mol. The van der Waals surface area contributed by atoms with Crippen molar-refractivity contribution in [2.24, 2.45) is 0 Å². The van der Waals surface area contributed by atoms with E-state index in [0.29, 0.717) is 41.0 Å². The average Bonchev–Trinajstić information content (AvgIpc) is 3.38. The second-order valence-electron chi connectivity index (χ2n) is 7.34. The van der Waals surface area contributed by atoms with E-state index in [1.807, 2.05) is 66.2 Å². The lowest BCUT2D eigenvalue weighted by Gasteiger charge is -2.12. The van der Waals surface area contributed by atoms with Crippen LogP contribution in [0.4, 0.5) is 0 Å². The summed E-state index contributed by atoms with van der Waals surface area (Å²) in [6.45, 7) is 3.17. The molecule has 7 nitrogen and oxygen atoms in total. The molecule has 0 fully saturated rings. The molecule has 0 aliphatic heterocycles. The van der Waals surface area contributed by atoms with Crippen molar-refractivity contribution in [1.82, 2.24) is 24.5 Å². The standard InChI is InChI=1S/C24H23ClN6OS/c1-17-20(15-26)22(31(29-17)18-9-4-3-5-10-18)16-33-24-28-27-23(30(24)13-8-14-32-2)19-11-6-7-12-21(19)25/h3-7,9-12H,8,13-14,16H2,1-2H3. The van der Waals surface area contributed by atoms with Gasteiger partial charge in [0.15, 0.2) is 11.0 Å². The van der Waals surface area contributed by atoms with Crippen LogP contribution in [0.25, 0.3) is 17.1 Å². The first-order valence-electron chi connectivity index (χ1n) is 10.5. The van der Waals surface area contributed by atoms with E-state index in [0.717, 1.165) is 28.5 Å². The van der Waals surface area contributed by atoms with Crippen LogP contribution >= 0.6 is 23.4 Å². The summed E-state index contributed by atoms with van der Waals surface area (Å²) in [5, 5.41) is 24.7. The number of thioether (sulfide) groups is 1. The molecule has 33 heavy (non-hydrogen) atoms. The Labute approximate surface area is 202 Å². The molecule has 0 bridgehead atoms. The molecule has 0 spiro atoms. The summed E-state index contributed by atoms with van der Waals surface area (Å²) in [6.07, 6.45) is 0.810. The number of aryl methyl sites for hydroxylation is 1. The van der Waals surface area contributed by atoms with Crippen molar-refractivity contribution in [3.63, 3.8) is 0 Å². The van der Waals surface area contributed by atoms with Crippen LogP contribution in [0.1, 0.15) is 23.4 Å². The Morgan fingerprint density at radius 2 is 1.85 bits per heavy atom. The third kappa shape index (κ3) is 4.96. The van der Waals surface area contributed by atoms with Crippen molar-refractivity contribution in [2.75, 3.05) is 13.7 Å². The van der Waals surface area contributed by atoms with Crippen molar-refractivity contribution in [1.29, 1.82) is 5.26 Å². The molecule has 0 unspecified atom stereocenters. The van der Waals surface area contributed by atoms with E-state index in [-0.39, 0.29) is 0 Å². The number of nitrogens with zero attached hydrogens (tertiary/aromatic N) is 6. The second-order valence-corrected chi connectivity index (χ2v) is 8.69. The molecule has 0 aliphatic carbocycles. The highest BCUT2D eigenvalue weighted by molar-refractivity contribution is 7.98. The van der Waals surface area contributed by atoms with Crippen LogP contribution in [-0.4, -0.2) is 38.3 Å². The zero-order chi connectivity index (χ0) is 23.2. The van der Waals surface area contributed by atoms with E-state index in [9.17, 15) is 5.26 Å². The molecule has 0 amide bonds. The molecule has 0 radical (unpaired) electrons. The van der Waals surface area contributed by atoms with Gasteiger partial charge in [-0.05, 0) is 37.6 Å². The minimum Gasteiger partial charge on any atom is -0.385 e. The first kappa shape index (κ1) is 23.1. The molecule has 4 rings (SSSR count). The third-order valence-electron chi connectivity index (χ3n) is 5.17. The Balaban J connectivity index is 1.68. The number of para-hydroxylation sites is 1. The minimum atomic E-state index is 0.517. The summed E-state index contributed by atoms with van der Waals surface area (Å²) >= 11 is 7.97. The summed E-state index contributed by atoms with van der Waals surface area (Å²) in [7, 11) is 1.69. The second kappa shape index (κ2) is 10.7. The molecule has 0 aliphatic rings. The fraction of sp³-hybridized carbons (Fsp3) is 0.250. The smallest absolute Gasteiger partial charge is 0.191 e. The highest BCUT2D eigenvalue weighted by Crippen LogP contribution is 2.32. The third-order valence-corrected chi connectivity index (χ3v) is 6.48. The van der Waals surface area contributed by atoms with Gasteiger partial charge in [0.2, 0.25) is 0 Å². The summed E-state index contributed by atoms with van der Waals surface area (Å²) in [4.78, 5) is 0. The molecule has 0 atom stereocenters. The Morgan fingerprint density at radius 3 is 2.58 bits per heavy atom. The minimum absolute atomic E-state index is 0.517. The Kier molecular flexibility index (Phi) is 7.45. The van der Waals surface area contributed by atoms with Gasteiger partial charge in [0.1, 0.15) is 6.07 Å². The van der Waals surface area contributed by atoms with Crippen LogP contribution < -0.4 is 0 Å². The molecule has 4 aromatic rings. The molecule has 2 aromatic carbocycles. The zero-order valence-electron chi connectivity index (χ0n) is 18.4. The zero-order valence-corrected chi connectivity index (χ0v) is 20.0. The number of halogens is 1. The summed E-state index contributed by atoms with van der Waals surface area (Å²) in [5.74, 6) is 1.23. The van der Waals surface area contributed by atoms with Crippen LogP contribution in [0.3, 0.4) is 0 Å². The molecule has 0 N–H and O–H groups in total. The Morgan fingerprint density at radius 1 is 1.09 bits per heavy atom. The van der Waals surface area contributed by atoms with E-state index in [4.69, 9.17) is 16.3 Å². The van der Waals surface area contributed by atoms with Gasteiger partial charge in [0.25, 0.3) is 0 Å². The highest BCUT2D eigenvalue weighted by Gasteiger charge is 2.20. The lowest BCUT2D eigenvalue weighted by molar-refractivity contribution is 0.189. The molecule has 168 valence electrons. The fourth-order valence-electron chi connectivity index (χ4n) is 3.58. The molecule has 0 saturated heterocycles. The number of hydrogen-bond acceptors (Lipinski definition) is 6. The monoisotopic (exact) mass is 478 g/mol. The largest absolute Gasteiger partial charge is 0.385 e. The average molecular weight is 479 g/mol. The number of nitriles is 1. The number of methoxy groups -OCH3 is 1. The first-order valence-corrected chi connectivity index (χ1v) is 11.8. The van der Waals surface area contributed by atoms with E-state index < -0.39 is 0 Å². The topological polar surface area (TPSA) is 81.5 Å². The lowest BCUT2D eigenvalue weighted by Crippen LogP contribution is -2.06. The fourth-order valence-corrected chi connectivity index (χ4v) is 4.76. The number of rotatable bonds is 9. The van der Waals surface area contributed by atoms with E-state index in [1.54, 1.807) is 7.11 Å². The quantitative estimate of drug-likeness (QED) is 0.240. The summed E-state index contributed by atoms with van der Waals surface area (Å²) < 4.78 is 9.14. The maximum atomic E-state index is 9.76. The van der Waals surface area contributed by atoms with Crippen molar-refractivity contribution in [2.45, 2.75) is 30.8 Å². The Hall–Kier alpha value is -3.12. The van der Waals surface area contributed by atoms with Gasteiger partial charge in [-0.2, -0.15) is 10.4 Å². The highest BCUT2D eigenvalue weighted by atomic mass is 35.5. The van der Waals surface area contributed by atoms with Gasteiger partial charge in [-0.15, -0.1) is 10.2 Å². The van der Waals surface area contributed by atoms with Gasteiger partial charge in [0, 0.05) is 31.6 Å². The number of ether oxygens (including phenoxy) is 1. The van der Waals surface area contributed by atoms with Gasteiger partial charge < -0.3 is 9.30 Å². The number of aromatic nitrogens is 5. The van der Waals surface area contributed by atoms with Gasteiger partial charge >= 0.3 is 0 Å². The van der Waals surface area contributed by atoms with Crippen LogP contribution in [0.5, 0.6) is 0 Å². The van der Waals surface area contributed by atoms with Crippen LogP contribution in [-0.2, 0) is 17.0 Å². The SMILES string of the molecule is COCCCn1c(SCc2c(C#N)c(C)nn2-c2ccccc2)nnc1-c1ccccc1Cl. The molecule has 9 heteroatoms. The van der Waals surface area contributed by atoms with Crippen molar-refractivity contribution >= 4 is 23.4 Å². The molecule has 2 heterocycles. The Bertz CT molecular complexity index is 1280. The van der Waals surface area contributed by atoms with Gasteiger partial charge in [-0.25, -0.2) is 4.68 Å². The van der Waals surface area contributed by atoms with Crippen molar-refractivity contribution < 1.29 is 4.74 Å². The number of benzene rings is 2. The first-order chi connectivity index (χ1) is 16.1. The molecular formula is C24H23ClN6OS. The van der Waals surface area contributed by atoms with Gasteiger partial charge in [0.05, 0.1) is 27.7 Å². The van der Waals surface area contributed by atoms with E-state index in [1.165, 1.54) is 11.8 Å². The van der Waals surface area contributed by atoms with E-state index in [2.05, 4.69) is 25.9 Å². The maximum absolute atomic E-state index is 9.76. The maximum Gasteiger partial charge on any atom is 0.191 e. The predicted molar refractivity (Wildman–Crippen MR) is 130 cm³/mol. The molecule has 2 aromatic heterocycles. The van der Waals surface area contributed by atoms with Crippen LogP contribution in [0.2, 0.25) is 5.02 Å². The van der Waals surface area contributed by atoms with Crippen molar-refractivity contribution in [3.8, 4) is 23.1 Å². The summed E-state index contributed by atoms with van der Waals surface area (Å²) in [5.41, 5.74) is 3.87. The van der Waals surface area contributed by atoms with Crippen LogP contribution in [0.15, 0.2) is 59.8 Å². The lowest BCUT2D eigenvalue weighted by atomic mass is 10.2. The summed E-state index contributed by atoms with van der Waals surface area (Å²) in [6, 6.07) is 19.7. The van der Waals surface area contributed by atoms with Crippen LogP contribution in [0, 0.1) is 18.3 Å². The number of hydrogen-bond donors (Lipinski definition) is 0. The normalized spacial score (nSPS) is 11.0. The molecule has 0 saturated carbocycles. The van der Waals surface area contributed by atoms with E-state index >= 15 is 0 Å².